The highest BCUT2D eigenvalue weighted by atomic mass is 32.2. The summed E-state index contributed by atoms with van der Waals surface area (Å²) < 4.78 is 45.3. The standard InChI is InChI=1S/C26H48NO2S.C7H8O3S/c1-2-3-4-5-6-7-8-9-10-11-12-13-16-25-21-26(29-22-25)23-28-19-15-14-17-27-18-20-30-24-27;1-6-2-4-7(5-3-6)11(8,9)10/h18,20,24-26H,2-17,19,21-23H2,1H3;2-5H,1H3,(H,8,9,10)/q+1;/p-1. The molecule has 1 fully saturated rings. The molecule has 41 heavy (non-hydrogen) atoms. The van der Waals surface area contributed by atoms with Crippen LogP contribution in [-0.2, 0) is 26.1 Å². The van der Waals surface area contributed by atoms with Gasteiger partial charge in [0.15, 0.2) is 6.20 Å². The van der Waals surface area contributed by atoms with E-state index in [1.54, 1.807) is 23.5 Å². The smallest absolute Gasteiger partial charge is 0.224 e. The van der Waals surface area contributed by atoms with Crippen molar-refractivity contribution in [2.24, 2.45) is 5.92 Å². The number of rotatable bonds is 21. The van der Waals surface area contributed by atoms with E-state index in [1.165, 1.54) is 108 Å². The molecule has 234 valence electrons. The second kappa shape index (κ2) is 22.3. The van der Waals surface area contributed by atoms with Crippen molar-refractivity contribution < 1.29 is 27.0 Å². The van der Waals surface area contributed by atoms with Gasteiger partial charge in [0.2, 0.25) is 5.51 Å². The molecule has 0 radical (unpaired) electrons. The summed E-state index contributed by atoms with van der Waals surface area (Å²) >= 11 is 1.75. The lowest BCUT2D eigenvalue weighted by molar-refractivity contribution is -0.692. The number of benzene rings is 1. The van der Waals surface area contributed by atoms with E-state index in [-0.39, 0.29) is 4.90 Å². The largest absolute Gasteiger partial charge is 0.744 e. The number of aromatic nitrogens is 1. The van der Waals surface area contributed by atoms with Gasteiger partial charge in [-0.2, -0.15) is 4.57 Å². The van der Waals surface area contributed by atoms with Crippen LogP contribution < -0.4 is 4.57 Å². The van der Waals surface area contributed by atoms with Crippen molar-refractivity contribution in [1.29, 1.82) is 0 Å². The molecular formula is C33H55NO5S2. The first-order chi connectivity index (χ1) is 19.9. The zero-order chi connectivity index (χ0) is 29.6. The van der Waals surface area contributed by atoms with Crippen LogP contribution in [0.15, 0.2) is 46.2 Å². The molecule has 2 heterocycles. The molecule has 2 aromatic rings. The summed E-state index contributed by atoms with van der Waals surface area (Å²) in [5, 5.41) is 2.13. The van der Waals surface area contributed by atoms with Crippen molar-refractivity contribution in [3.05, 3.63) is 46.9 Å². The number of thiazole rings is 1. The maximum Gasteiger partial charge on any atom is 0.224 e. The molecule has 1 aromatic carbocycles. The van der Waals surface area contributed by atoms with Crippen LogP contribution in [0.25, 0.3) is 0 Å². The van der Waals surface area contributed by atoms with E-state index in [0.29, 0.717) is 6.10 Å². The van der Waals surface area contributed by atoms with E-state index in [9.17, 15) is 13.0 Å². The first kappa shape index (κ1) is 35.9. The Bertz CT molecular complexity index is 980. The highest BCUT2D eigenvalue weighted by Gasteiger charge is 2.25. The predicted octanol–water partition coefficient (Wildman–Crippen LogP) is 8.23. The van der Waals surface area contributed by atoms with E-state index in [0.717, 1.165) is 44.3 Å². The van der Waals surface area contributed by atoms with Gasteiger partial charge >= 0.3 is 0 Å². The molecule has 2 atom stereocenters. The quantitative estimate of drug-likeness (QED) is 0.0809. The van der Waals surface area contributed by atoms with Crippen LogP contribution in [-0.4, -0.2) is 38.9 Å². The van der Waals surface area contributed by atoms with Crippen molar-refractivity contribution in [2.45, 2.75) is 134 Å². The van der Waals surface area contributed by atoms with E-state index < -0.39 is 10.1 Å². The van der Waals surface area contributed by atoms with Crippen LogP contribution in [0.1, 0.15) is 115 Å². The zero-order valence-electron chi connectivity index (χ0n) is 25.6. The molecule has 1 aliphatic heterocycles. The Hall–Kier alpha value is -1.32. The molecular weight excluding hydrogens is 554 g/mol. The molecule has 1 aromatic heterocycles. The minimum absolute atomic E-state index is 0.178. The van der Waals surface area contributed by atoms with Gasteiger partial charge in [-0.05, 0) is 44.2 Å². The molecule has 1 saturated heterocycles. The predicted molar refractivity (Wildman–Crippen MR) is 167 cm³/mol. The topological polar surface area (TPSA) is 79.5 Å². The van der Waals surface area contributed by atoms with Crippen LogP contribution in [0.3, 0.4) is 0 Å². The first-order valence-electron chi connectivity index (χ1n) is 16.0. The molecule has 0 amide bonds. The minimum Gasteiger partial charge on any atom is -0.744 e. The second-order valence-electron chi connectivity index (χ2n) is 11.5. The van der Waals surface area contributed by atoms with E-state index in [2.05, 4.69) is 28.6 Å². The summed E-state index contributed by atoms with van der Waals surface area (Å²) in [4.78, 5) is -0.178. The zero-order valence-corrected chi connectivity index (χ0v) is 27.3. The summed E-state index contributed by atoms with van der Waals surface area (Å²) in [6.45, 7) is 7.84. The number of ether oxygens (including phenoxy) is 2. The van der Waals surface area contributed by atoms with E-state index >= 15 is 0 Å². The molecule has 2 unspecified atom stereocenters. The van der Waals surface area contributed by atoms with Crippen LogP contribution in [0, 0.1) is 12.8 Å². The Kier molecular flexibility index (Phi) is 19.5. The molecule has 3 rings (SSSR count). The van der Waals surface area contributed by atoms with Gasteiger partial charge in [-0.15, -0.1) is 0 Å². The molecule has 0 spiro atoms. The van der Waals surface area contributed by atoms with Gasteiger partial charge in [-0.1, -0.05) is 113 Å². The van der Waals surface area contributed by atoms with Crippen LogP contribution in [0.2, 0.25) is 0 Å². The van der Waals surface area contributed by atoms with E-state index in [1.807, 2.05) is 6.92 Å². The van der Waals surface area contributed by atoms with Gasteiger partial charge in [0, 0.05) is 19.6 Å². The highest BCUT2D eigenvalue weighted by Crippen LogP contribution is 2.25. The average Bonchev–Trinajstić information content (AvgIpc) is 3.64. The fourth-order valence-electron chi connectivity index (χ4n) is 5.18. The number of hydrogen-bond donors (Lipinski definition) is 0. The van der Waals surface area contributed by atoms with Gasteiger partial charge in [-0.3, -0.25) is 0 Å². The summed E-state index contributed by atoms with van der Waals surface area (Å²) in [6, 6.07) is 5.78. The number of hydrogen-bond acceptors (Lipinski definition) is 6. The Morgan fingerprint density at radius 3 is 2.15 bits per heavy atom. The Labute approximate surface area is 254 Å². The summed E-state index contributed by atoms with van der Waals surface area (Å²) in [5.74, 6) is 0.775. The van der Waals surface area contributed by atoms with Crippen molar-refractivity contribution in [1.82, 2.24) is 0 Å². The van der Waals surface area contributed by atoms with Gasteiger partial charge in [-0.25, -0.2) is 8.42 Å². The lowest BCUT2D eigenvalue weighted by atomic mass is 9.97. The summed E-state index contributed by atoms with van der Waals surface area (Å²) in [6.07, 6.45) is 24.6. The van der Waals surface area contributed by atoms with E-state index in [4.69, 9.17) is 9.47 Å². The fourth-order valence-corrected chi connectivity index (χ4v) is 6.28. The molecule has 6 nitrogen and oxygen atoms in total. The van der Waals surface area contributed by atoms with Crippen LogP contribution in [0.4, 0.5) is 0 Å². The maximum atomic E-state index is 10.4. The van der Waals surface area contributed by atoms with Gasteiger partial charge < -0.3 is 14.0 Å². The Morgan fingerprint density at radius 2 is 1.56 bits per heavy atom. The van der Waals surface area contributed by atoms with Gasteiger partial charge in [0.05, 0.1) is 23.0 Å². The number of unbranched alkanes of at least 4 members (excludes halogenated alkanes) is 12. The fraction of sp³-hybridized carbons (Fsp3) is 0.727. The van der Waals surface area contributed by atoms with Crippen LogP contribution in [0.5, 0.6) is 0 Å². The monoisotopic (exact) mass is 609 g/mol. The average molecular weight is 610 g/mol. The molecule has 0 bridgehead atoms. The third-order valence-corrected chi connectivity index (χ3v) is 9.25. The van der Waals surface area contributed by atoms with Crippen molar-refractivity contribution in [2.75, 3.05) is 19.8 Å². The number of aryl methyl sites for hydroxylation is 2. The first-order valence-corrected chi connectivity index (χ1v) is 18.4. The third-order valence-electron chi connectivity index (χ3n) is 7.73. The highest BCUT2D eigenvalue weighted by molar-refractivity contribution is 7.85. The SMILES string of the molecule is CCCCCCCCCCCCCCC1COC(COCCCC[n+]2ccsc2)C1.Cc1ccc(S(=O)(=O)[O-])cc1. The molecule has 0 N–H and O–H groups in total. The van der Waals surface area contributed by atoms with Crippen molar-refractivity contribution in [3.63, 3.8) is 0 Å². The second-order valence-corrected chi connectivity index (χ2v) is 13.7. The van der Waals surface area contributed by atoms with Crippen molar-refractivity contribution >= 4 is 21.5 Å². The maximum absolute atomic E-state index is 10.4. The van der Waals surface area contributed by atoms with Crippen LogP contribution >= 0.6 is 11.3 Å². The lowest BCUT2D eigenvalue weighted by Crippen LogP contribution is -2.29. The van der Waals surface area contributed by atoms with Gasteiger partial charge in [0.25, 0.3) is 0 Å². The third kappa shape index (κ3) is 18.1. The molecule has 0 aliphatic carbocycles. The molecule has 1 aliphatic rings. The summed E-state index contributed by atoms with van der Waals surface area (Å²) in [7, 11) is -4.27. The lowest BCUT2D eigenvalue weighted by Gasteiger charge is -2.10. The summed E-state index contributed by atoms with van der Waals surface area (Å²) in [5.41, 5.74) is 3.10. The van der Waals surface area contributed by atoms with Gasteiger partial charge in [0.1, 0.15) is 16.7 Å². The molecule has 0 saturated carbocycles. The number of nitrogens with zero attached hydrogens (tertiary/aromatic N) is 1. The Balaban J connectivity index is 0.000000446. The minimum atomic E-state index is -4.27. The Morgan fingerprint density at radius 1 is 0.927 bits per heavy atom. The van der Waals surface area contributed by atoms with Crippen molar-refractivity contribution in [3.8, 4) is 0 Å². The molecule has 8 heteroatoms. The normalized spacial score (nSPS) is 17.0.